The third-order valence-electron chi connectivity index (χ3n) is 1.06. The van der Waals surface area contributed by atoms with Crippen molar-refractivity contribution in [3.8, 4) is 0 Å². The highest BCUT2D eigenvalue weighted by molar-refractivity contribution is 5.81. The van der Waals surface area contributed by atoms with Crippen LogP contribution in [0.25, 0.3) is 0 Å². The van der Waals surface area contributed by atoms with Gasteiger partial charge in [-0.15, -0.1) is 0 Å². The molecule has 0 aliphatic rings. The van der Waals surface area contributed by atoms with E-state index in [-0.39, 0.29) is 11.9 Å². The Bertz CT molecular complexity index is 93.1. The zero-order valence-corrected chi connectivity index (χ0v) is 5.85. The predicted molar refractivity (Wildman–Crippen MR) is 36.4 cm³/mol. The Morgan fingerprint density at radius 1 is 1.89 bits per heavy atom. The smallest absolute Gasteiger partial charge is 0.237 e. The highest BCUT2D eigenvalue weighted by atomic mass is 16.2. The minimum Gasteiger partial charge on any atom is -0.350 e. The molecule has 0 aromatic carbocycles. The van der Waals surface area contributed by atoms with Crippen LogP contribution in [0.2, 0.25) is 0 Å². The number of hydrogen-bond donors (Lipinski definition) is 2. The van der Waals surface area contributed by atoms with Crippen molar-refractivity contribution in [1.29, 1.82) is 0 Å². The van der Waals surface area contributed by atoms with E-state index in [1.165, 1.54) is 0 Å². The maximum Gasteiger partial charge on any atom is 0.237 e. The number of nitrogens with two attached hydrogens (primary N) is 1. The number of amides is 1. The molecule has 53 valence electrons. The molecule has 0 aromatic heterocycles. The van der Waals surface area contributed by atoms with Gasteiger partial charge in [0.05, 0.1) is 6.04 Å². The van der Waals surface area contributed by atoms with Gasteiger partial charge in [0.25, 0.3) is 0 Å². The van der Waals surface area contributed by atoms with Crippen LogP contribution in [0.4, 0.5) is 0 Å². The summed E-state index contributed by atoms with van der Waals surface area (Å²) in [5.41, 5.74) is 5.37. The minimum atomic E-state index is -0.360. The van der Waals surface area contributed by atoms with E-state index in [9.17, 15) is 4.79 Å². The Hall–Kier alpha value is -0.570. The SMILES string of the molecule is C[CH]NC(=O)C(N)CC. The van der Waals surface area contributed by atoms with Gasteiger partial charge in [-0.25, -0.2) is 0 Å². The van der Waals surface area contributed by atoms with Crippen LogP contribution in [0.3, 0.4) is 0 Å². The van der Waals surface area contributed by atoms with Gasteiger partial charge in [0, 0.05) is 6.54 Å². The third-order valence-corrected chi connectivity index (χ3v) is 1.06. The molecule has 0 saturated carbocycles. The van der Waals surface area contributed by atoms with E-state index < -0.39 is 0 Å². The maximum absolute atomic E-state index is 10.7. The first-order chi connectivity index (χ1) is 4.22. The predicted octanol–water partition coefficient (Wildman–Crippen LogP) is 0.0216. The summed E-state index contributed by atoms with van der Waals surface area (Å²) in [5, 5.41) is 2.51. The second-order valence-corrected chi connectivity index (χ2v) is 1.81. The average Bonchev–Trinajstić information content (AvgIpc) is 1.87. The molecule has 0 aliphatic carbocycles. The number of rotatable bonds is 3. The van der Waals surface area contributed by atoms with Crippen LogP contribution < -0.4 is 11.1 Å². The number of hydrogen-bond acceptors (Lipinski definition) is 2. The molecule has 3 nitrogen and oxygen atoms in total. The van der Waals surface area contributed by atoms with Crippen LogP contribution in [0.15, 0.2) is 0 Å². The van der Waals surface area contributed by atoms with Crippen LogP contribution in [0.5, 0.6) is 0 Å². The maximum atomic E-state index is 10.7. The Morgan fingerprint density at radius 2 is 2.44 bits per heavy atom. The number of carbonyl (C=O) groups is 1. The van der Waals surface area contributed by atoms with Crippen molar-refractivity contribution in [2.24, 2.45) is 5.73 Å². The van der Waals surface area contributed by atoms with E-state index in [4.69, 9.17) is 5.73 Å². The standard InChI is InChI=1S/C6H13N2O/c1-3-5(7)6(9)8-4-2/h4-5H,3,7H2,1-2H3,(H,8,9). The number of carbonyl (C=O) groups excluding carboxylic acids is 1. The number of nitrogens with one attached hydrogen (secondary N) is 1. The zero-order valence-electron chi connectivity index (χ0n) is 5.85. The molecule has 0 saturated heterocycles. The normalized spacial score (nSPS) is 12.8. The lowest BCUT2D eigenvalue weighted by Gasteiger charge is -2.06. The molecular weight excluding hydrogens is 116 g/mol. The average molecular weight is 129 g/mol. The molecule has 1 atom stereocenters. The van der Waals surface area contributed by atoms with Crippen molar-refractivity contribution in [2.45, 2.75) is 26.3 Å². The van der Waals surface area contributed by atoms with E-state index in [0.717, 1.165) is 0 Å². The molecule has 1 radical (unpaired) electrons. The molecule has 9 heavy (non-hydrogen) atoms. The fourth-order valence-corrected chi connectivity index (χ4v) is 0.435. The fraction of sp³-hybridized carbons (Fsp3) is 0.667. The molecule has 0 aromatic rings. The Kier molecular flexibility index (Phi) is 4.05. The monoisotopic (exact) mass is 129 g/mol. The summed E-state index contributed by atoms with van der Waals surface area (Å²) in [7, 11) is 0. The molecule has 0 bridgehead atoms. The molecule has 1 amide bonds. The van der Waals surface area contributed by atoms with Crippen molar-refractivity contribution in [2.75, 3.05) is 0 Å². The molecular formula is C6H13N2O. The van der Waals surface area contributed by atoms with Crippen molar-refractivity contribution in [3.05, 3.63) is 6.54 Å². The Balaban J connectivity index is 3.46. The van der Waals surface area contributed by atoms with Gasteiger partial charge in [0.15, 0.2) is 0 Å². The van der Waals surface area contributed by atoms with Gasteiger partial charge in [-0.05, 0) is 13.3 Å². The minimum absolute atomic E-state index is 0.111. The van der Waals surface area contributed by atoms with Gasteiger partial charge in [0.2, 0.25) is 5.91 Å². The summed E-state index contributed by atoms with van der Waals surface area (Å²) in [6.07, 6.45) is 0.680. The lowest BCUT2D eigenvalue weighted by Crippen LogP contribution is -2.38. The Labute approximate surface area is 55.6 Å². The molecule has 0 rings (SSSR count). The molecule has 0 fully saturated rings. The van der Waals surface area contributed by atoms with E-state index in [1.807, 2.05) is 6.92 Å². The molecule has 0 heterocycles. The first-order valence-corrected chi connectivity index (χ1v) is 3.06. The lowest BCUT2D eigenvalue weighted by atomic mass is 10.2. The summed E-state index contributed by atoms with van der Waals surface area (Å²) >= 11 is 0. The second-order valence-electron chi connectivity index (χ2n) is 1.81. The summed E-state index contributed by atoms with van der Waals surface area (Å²) < 4.78 is 0. The van der Waals surface area contributed by atoms with Gasteiger partial charge in [-0.1, -0.05) is 6.92 Å². The second kappa shape index (κ2) is 4.32. The van der Waals surface area contributed by atoms with Crippen LogP contribution in [-0.4, -0.2) is 11.9 Å². The quantitative estimate of drug-likeness (QED) is 0.564. The molecule has 0 aliphatic heterocycles. The summed E-state index contributed by atoms with van der Waals surface area (Å²) in [6, 6.07) is -0.360. The summed E-state index contributed by atoms with van der Waals surface area (Å²) in [4.78, 5) is 10.7. The topological polar surface area (TPSA) is 55.1 Å². The molecule has 0 spiro atoms. The highest BCUT2D eigenvalue weighted by Gasteiger charge is 2.07. The van der Waals surface area contributed by atoms with Gasteiger partial charge < -0.3 is 11.1 Å². The first-order valence-electron chi connectivity index (χ1n) is 3.06. The van der Waals surface area contributed by atoms with Crippen molar-refractivity contribution >= 4 is 5.91 Å². The van der Waals surface area contributed by atoms with E-state index >= 15 is 0 Å². The zero-order chi connectivity index (χ0) is 7.28. The van der Waals surface area contributed by atoms with Crippen LogP contribution >= 0.6 is 0 Å². The summed E-state index contributed by atoms with van der Waals surface area (Å²) in [6.45, 7) is 5.21. The van der Waals surface area contributed by atoms with Gasteiger partial charge in [0.1, 0.15) is 0 Å². The van der Waals surface area contributed by atoms with Crippen molar-refractivity contribution in [1.82, 2.24) is 5.32 Å². The third kappa shape index (κ3) is 3.08. The lowest BCUT2D eigenvalue weighted by molar-refractivity contribution is -0.121. The van der Waals surface area contributed by atoms with Crippen molar-refractivity contribution < 1.29 is 4.79 Å². The van der Waals surface area contributed by atoms with E-state index in [1.54, 1.807) is 13.5 Å². The van der Waals surface area contributed by atoms with Crippen LogP contribution in [0, 0.1) is 6.54 Å². The van der Waals surface area contributed by atoms with Gasteiger partial charge in [-0.2, -0.15) is 0 Å². The molecule has 3 heteroatoms. The van der Waals surface area contributed by atoms with Crippen molar-refractivity contribution in [3.63, 3.8) is 0 Å². The molecule has 3 N–H and O–H groups in total. The van der Waals surface area contributed by atoms with Crippen LogP contribution in [-0.2, 0) is 4.79 Å². The van der Waals surface area contributed by atoms with E-state index in [0.29, 0.717) is 6.42 Å². The summed E-state index contributed by atoms with van der Waals surface area (Å²) in [5.74, 6) is -0.111. The Morgan fingerprint density at radius 3 is 2.78 bits per heavy atom. The molecule has 1 unspecified atom stereocenters. The van der Waals surface area contributed by atoms with Gasteiger partial charge >= 0.3 is 0 Å². The first kappa shape index (κ1) is 8.43. The van der Waals surface area contributed by atoms with Crippen LogP contribution in [0.1, 0.15) is 20.3 Å². The largest absolute Gasteiger partial charge is 0.350 e. The van der Waals surface area contributed by atoms with Gasteiger partial charge in [-0.3, -0.25) is 4.79 Å². The van der Waals surface area contributed by atoms with E-state index in [2.05, 4.69) is 5.32 Å². The fourth-order valence-electron chi connectivity index (χ4n) is 0.435. The highest BCUT2D eigenvalue weighted by Crippen LogP contribution is 1.84.